The van der Waals surface area contributed by atoms with Crippen molar-refractivity contribution in [2.24, 2.45) is 0 Å². The van der Waals surface area contributed by atoms with Gasteiger partial charge >= 0.3 is 11.7 Å². The molecule has 0 saturated carbocycles. The average molecular weight is 387 g/mol. The number of carboxylic acid groups (broad SMARTS) is 1. The molecule has 1 aromatic heterocycles. The molecule has 0 radical (unpaired) electrons. The molecule has 2 rings (SSSR count). The predicted octanol–water partition coefficient (Wildman–Crippen LogP) is -0.131. The first-order valence-electron chi connectivity index (χ1n) is 9.00. The van der Waals surface area contributed by atoms with Crippen LogP contribution in [-0.4, -0.2) is 60.9 Å². The second-order valence-electron chi connectivity index (χ2n) is 6.33. The lowest BCUT2D eigenvalue weighted by Gasteiger charge is -2.16. The molecule has 2 heterocycles. The van der Waals surface area contributed by atoms with E-state index in [2.05, 4.69) is 11.9 Å². The number of hydrogen-bond acceptors (Lipinski definition) is 8. The molecule has 6 N–H and O–H groups in total. The fourth-order valence-electron chi connectivity index (χ4n) is 2.61. The molecule has 1 aliphatic heterocycles. The molecular weight excluding hydrogens is 358 g/mol. The molecule has 154 valence electrons. The second kappa shape index (κ2) is 11.7. The van der Waals surface area contributed by atoms with E-state index in [1.807, 2.05) is 0 Å². The number of nitrogen functional groups attached to an aromatic ring is 1. The second-order valence-corrected chi connectivity index (χ2v) is 6.33. The number of anilines is 1. The highest BCUT2D eigenvalue weighted by atomic mass is 16.6. The van der Waals surface area contributed by atoms with Crippen molar-refractivity contribution in [3.8, 4) is 0 Å². The summed E-state index contributed by atoms with van der Waals surface area (Å²) in [6.45, 7) is 1.70. The first-order valence-corrected chi connectivity index (χ1v) is 9.00. The minimum Gasteiger partial charge on any atom is -0.481 e. The maximum Gasteiger partial charge on any atom is 0.351 e. The summed E-state index contributed by atoms with van der Waals surface area (Å²) < 4.78 is 6.19. The Morgan fingerprint density at radius 3 is 2.44 bits per heavy atom. The number of aliphatic hydroxyl groups is 3. The van der Waals surface area contributed by atoms with E-state index in [-0.39, 0.29) is 5.82 Å². The quantitative estimate of drug-likeness (QED) is 0.381. The molecular formula is C17H29N3O7. The van der Waals surface area contributed by atoms with Crippen LogP contribution in [0.25, 0.3) is 0 Å². The lowest BCUT2D eigenvalue weighted by molar-refractivity contribution is -0.137. The normalized spacial score (nSPS) is 24.3. The Labute approximate surface area is 157 Å². The molecule has 1 saturated heterocycles. The highest BCUT2D eigenvalue weighted by molar-refractivity contribution is 5.66. The van der Waals surface area contributed by atoms with Gasteiger partial charge in [0.15, 0.2) is 6.23 Å². The first kappa shape index (κ1) is 23.0. The van der Waals surface area contributed by atoms with E-state index in [9.17, 15) is 19.8 Å². The van der Waals surface area contributed by atoms with Gasteiger partial charge in [-0.25, -0.2) is 4.79 Å². The molecule has 1 fully saturated rings. The number of carbonyl (C=O) groups is 1. The summed E-state index contributed by atoms with van der Waals surface area (Å²) in [5.74, 6) is -0.616. The van der Waals surface area contributed by atoms with Crippen molar-refractivity contribution < 1.29 is 30.0 Å². The van der Waals surface area contributed by atoms with E-state index in [0.717, 1.165) is 17.4 Å². The minimum absolute atomic E-state index is 0.0537. The van der Waals surface area contributed by atoms with Gasteiger partial charge in [0.2, 0.25) is 0 Å². The van der Waals surface area contributed by atoms with E-state index in [0.29, 0.717) is 6.42 Å². The van der Waals surface area contributed by atoms with Gasteiger partial charge in [0, 0.05) is 12.6 Å². The number of carboxylic acids is 1. The first-order chi connectivity index (χ1) is 12.8. The van der Waals surface area contributed by atoms with Crippen LogP contribution >= 0.6 is 0 Å². The molecule has 0 unspecified atom stereocenters. The number of aromatic nitrogens is 2. The number of rotatable bonds is 8. The molecule has 1 aromatic rings. The summed E-state index contributed by atoms with van der Waals surface area (Å²) in [7, 11) is 0. The van der Waals surface area contributed by atoms with E-state index >= 15 is 0 Å². The molecule has 0 bridgehead atoms. The number of aliphatic carboxylic acids is 1. The molecule has 10 heteroatoms. The highest BCUT2D eigenvalue weighted by Crippen LogP contribution is 2.27. The van der Waals surface area contributed by atoms with Crippen LogP contribution in [0, 0.1) is 0 Å². The number of nitrogens with two attached hydrogens (primary N) is 1. The van der Waals surface area contributed by atoms with Gasteiger partial charge in [-0.15, -0.1) is 0 Å². The molecule has 27 heavy (non-hydrogen) atoms. The molecule has 0 aliphatic carbocycles. The number of nitrogens with zero attached hydrogens (tertiary/aromatic N) is 2. The topological polar surface area (TPSA) is 168 Å². The van der Waals surface area contributed by atoms with Crippen LogP contribution in [0.1, 0.15) is 51.7 Å². The number of hydrogen-bond donors (Lipinski definition) is 5. The Kier molecular flexibility index (Phi) is 9.94. The molecule has 0 amide bonds. The third kappa shape index (κ3) is 7.25. The van der Waals surface area contributed by atoms with E-state index in [1.165, 1.54) is 31.5 Å². The number of aliphatic hydroxyl groups excluding tert-OH is 3. The smallest absolute Gasteiger partial charge is 0.351 e. The van der Waals surface area contributed by atoms with E-state index < -0.39 is 42.8 Å². The zero-order valence-corrected chi connectivity index (χ0v) is 15.4. The van der Waals surface area contributed by atoms with E-state index in [4.69, 9.17) is 20.7 Å². The summed E-state index contributed by atoms with van der Waals surface area (Å²) >= 11 is 0. The lowest BCUT2D eigenvalue weighted by atomic mass is 10.1. The van der Waals surface area contributed by atoms with Crippen molar-refractivity contribution >= 4 is 11.8 Å². The third-order valence-electron chi connectivity index (χ3n) is 4.14. The summed E-state index contributed by atoms with van der Waals surface area (Å²) in [6, 6.07) is 1.37. The Morgan fingerprint density at radius 1 is 1.26 bits per heavy atom. The fourth-order valence-corrected chi connectivity index (χ4v) is 2.61. The van der Waals surface area contributed by atoms with Crippen molar-refractivity contribution in [2.45, 2.75) is 70.0 Å². The molecule has 0 aromatic carbocycles. The fraction of sp³-hybridized carbons (Fsp3) is 0.706. The summed E-state index contributed by atoms with van der Waals surface area (Å²) in [5, 5.41) is 36.4. The summed E-state index contributed by atoms with van der Waals surface area (Å²) in [4.78, 5) is 25.0. The van der Waals surface area contributed by atoms with Gasteiger partial charge in [0.05, 0.1) is 6.61 Å². The van der Waals surface area contributed by atoms with Gasteiger partial charge in [-0.2, -0.15) is 4.98 Å². The monoisotopic (exact) mass is 387 g/mol. The van der Waals surface area contributed by atoms with Crippen LogP contribution in [0.2, 0.25) is 0 Å². The zero-order valence-electron chi connectivity index (χ0n) is 15.4. The van der Waals surface area contributed by atoms with Crippen molar-refractivity contribution in [1.82, 2.24) is 9.55 Å². The van der Waals surface area contributed by atoms with Gasteiger partial charge in [0.1, 0.15) is 24.1 Å². The summed E-state index contributed by atoms with van der Waals surface area (Å²) in [5.41, 5.74) is 4.63. The highest BCUT2D eigenvalue weighted by Gasteiger charge is 2.43. The lowest BCUT2D eigenvalue weighted by Crippen LogP contribution is -2.36. The van der Waals surface area contributed by atoms with Gasteiger partial charge in [0.25, 0.3) is 0 Å². The van der Waals surface area contributed by atoms with Crippen LogP contribution in [-0.2, 0) is 9.53 Å². The minimum atomic E-state index is -1.31. The molecule has 1 aliphatic rings. The Morgan fingerprint density at radius 2 is 1.93 bits per heavy atom. The Bertz CT molecular complexity index is 637. The molecule has 4 atom stereocenters. The molecule has 0 spiro atoms. The zero-order chi connectivity index (χ0) is 20.4. The maximum absolute atomic E-state index is 11.5. The van der Waals surface area contributed by atoms with Crippen molar-refractivity contribution in [3.05, 3.63) is 22.7 Å². The van der Waals surface area contributed by atoms with Gasteiger partial charge < -0.3 is 30.9 Å². The average Bonchev–Trinajstić information content (AvgIpc) is 2.90. The van der Waals surface area contributed by atoms with Crippen LogP contribution < -0.4 is 11.4 Å². The largest absolute Gasteiger partial charge is 0.481 e. The van der Waals surface area contributed by atoms with Crippen LogP contribution in [0.15, 0.2) is 17.1 Å². The standard InChI is InChI=1S/C9H13N3O5.C8H16O2/c10-5-1-2-12(9(16)11-5)8-7(15)6(14)4(3-13)17-8;1-2-3-4-5-6-7-8(9)10/h1-2,4,6-8,13-15H,3H2,(H2,10,11,16);2-7H2,1H3,(H,9,10)/t4-,6-,7+,8-;/m1./s1. The van der Waals surface area contributed by atoms with Crippen molar-refractivity contribution in [3.63, 3.8) is 0 Å². The van der Waals surface area contributed by atoms with Gasteiger partial charge in [-0.05, 0) is 12.5 Å². The number of unbranched alkanes of at least 4 members (excludes halogenated alkanes) is 4. The Balaban J connectivity index is 0.000000314. The van der Waals surface area contributed by atoms with Gasteiger partial charge in [-0.3, -0.25) is 9.36 Å². The Hall–Kier alpha value is -2.01. The van der Waals surface area contributed by atoms with Crippen molar-refractivity contribution in [2.75, 3.05) is 12.3 Å². The summed E-state index contributed by atoms with van der Waals surface area (Å²) in [6.07, 6.45) is 2.62. The predicted molar refractivity (Wildman–Crippen MR) is 96.9 cm³/mol. The SMILES string of the molecule is CCCCCCCC(=O)O.Nc1ccn([C@@H]2O[C@H](CO)[C@@H](O)[C@@H]2O)c(=O)n1. The van der Waals surface area contributed by atoms with Crippen molar-refractivity contribution in [1.29, 1.82) is 0 Å². The van der Waals surface area contributed by atoms with E-state index in [1.54, 1.807) is 0 Å². The van der Waals surface area contributed by atoms with Gasteiger partial charge in [-0.1, -0.05) is 32.6 Å². The van der Waals surface area contributed by atoms with Crippen LogP contribution in [0.4, 0.5) is 5.82 Å². The van der Waals surface area contributed by atoms with Crippen LogP contribution in [0.5, 0.6) is 0 Å². The third-order valence-corrected chi connectivity index (χ3v) is 4.14. The maximum atomic E-state index is 11.5. The van der Waals surface area contributed by atoms with Crippen LogP contribution in [0.3, 0.4) is 0 Å². The molecule has 10 nitrogen and oxygen atoms in total. The number of ether oxygens (including phenoxy) is 1.